The normalized spacial score (nSPS) is 12.7. The summed E-state index contributed by atoms with van der Waals surface area (Å²) in [4.78, 5) is 0. The largest absolute Gasteiger partial charge is 0.388 e. The summed E-state index contributed by atoms with van der Waals surface area (Å²) in [6.45, 7) is 4.18. The lowest BCUT2D eigenvalue weighted by Gasteiger charge is -2.14. The van der Waals surface area contributed by atoms with Crippen LogP contribution in [0.2, 0.25) is 10.0 Å². The van der Waals surface area contributed by atoms with Crippen LogP contribution < -0.4 is 0 Å². The third-order valence-electron chi connectivity index (χ3n) is 3.24. The van der Waals surface area contributed by atoms with Crippen LogP contribution in [0.5, 0.6) is 0 Å². The monoisotopic (exact) mass is 334 g/mol. The fourth-order valence-corrected chi connectivity index (χ4v) is 2.51. The van der Waals surface area contributed by atoms with Crippen LogP contribution in [0.3, 0.4) is 0 Å². The summed E-state index contributed by atoms with van der Waals surface area (Å²) >= 11 is 11.6. The van der Waals surface area contributed by atoms with E-state index in [1.54, 1.807) is 11.6 Å². The van der Waals surface area contributed by atoms with E-state index < -0.39 is 17.7 Å². The molecule has 1 N–H and O–H groups in total. The number of aryl methyl sites for hydroxylation is 2. The highest BCUT2D eigenvalue weighted by molar-refractivity contribution is 6.32. The molecule has 2 aromatic rings. The molecule has 0 saturated carbocycles. The minimum atomic E-state index is -1.24. The fourth-order valence-electron chi connectivity index (χ4n) is 2.15. The lowest BCUT2D eigenvalue weighted by atomic mass is 10.0. The van der Waals surface area contributed by atoms with Crippen LogP contribution in [0.4, 0.5) is 8.78 Å². The van der Waals surface area contributed by atoms with Crippen molar-refractivity contribution in [2.75, 3.05) is 0 Å². The van der Waals surface area contributed by atoms with E-state index in [0.717, 1.165) is 12.1 Å². The first-order chi connectivity index (χ1) is 9.85. The molecular weight excluding hydrogens is 321 g/mol. The zero-order valence-corrected chi connectivity index (χ0v) is 13.0. The van der Waals surface area contributed by atoms with Crippen molar-refractivity contribution in [3.63, 3.8) is 0 Å². The molecule has 1 aromatic heterocycles. The Hall–Kier alpha value is -1.17. The zero-order chi connectivity index (χ0) is 15.7. The highest BCUT2D eigenvalue weighted by Gasteiger charge is 2.21. The molecule has 1 unspecified atom stereocenters. The maximum absolute atomic E-state index is 13.8. The van der Waals surface area contributed by atoms with Crippen LogP contribution in [0.1, 0.15) is 30.0 Å². The number of aromatic nitrogens is 2. The predicted molar refractivity (Wildman–Crippen MR) is 77.7 cm³/mol. The molecule has 21 heavy (non-hydrogen) atoms. The van der Waals surface area contributed by atoms with E-state index in [4.69, 9.17) is 23.2 Å². The van der Waals surface area contributed by atoms with Gasteiger partial charge in [-0.05, 0) is 26.0 Å². The second-order valence-corrected chi connectivity index (χ2v) is 5.45. The van der Waals surface area contributed by atoms with Gasteiger partial charge in [-0.25, -0.2) is 8.78 Å². The lowest BCUT2D eigenvalue weighted by molar-refractivity contribution is 0.170. The number of rotatable bonds is 4. The Morgan fingerprint density at radius 1 is 1.29 bits per heavy atom. The molecule has 7 heteroatoms. The summed E-state index contributed by atoms with van der Waals surface area (Å²) in [6.07, 6.45) is -1.21. The van der Waals surface area contributed by atoms with Crippen LogP contribution >= 0.6 is 23.2 Å². The molecule has 0 spiro atoms. The quantitative estimate of drug-likeness (QED) is 0.856. The standard InChI is InChI=1S/C14H14Cl2F2N2O/c1-3-20-12(14(16)7(2)19-20)6-13(21)8-4-11(18)9(15)5-10(8)17/h4-5,13,21H,3,6H2,1-2H3. The number of aliphatic hydroxyl groups excluding tert-OH is 1. The smallest absolute Gasteiger partial charge is 0.142 e. The van der Waals surface area contributed by atoms with Crippen molar-refractivity contribution in [2.45, 2.75) is 32.9 Å². The van der Waals surface area contributed by atoms with Gasteiger partial charge in [0.15, 0.2) is 0 Å². The Balaban J connectivity index is 2.34. The minimum absolute atomic E-state index is 0.0332. The van der Waals surface area contributed by atoms with Gasteiger partial charge in [-0.2, -0.15) is 5.10 Å². The number of nitrogens with zero attached hydrogens (tertiary/aromatic N) is 2. The summed E-state index contributed by atoms with van der Waals surface area (Å²) in [6, 6.07) is 1.75. The lowest BCUT2D eigenvalue weighted by Crippen LogP contribution is -2.10. The molecule has 0 aliphatic heterocycles. The van der Waals surface area contributed by atoms with Crippen LogP contribution in [0.15, 0.2) is 12.1 Å². The molecule has 3 nitrogen and oxygen atoms in total. The molecule has 0 aliphatic carbocycles. The van der Waals surface area contributed by atoms with E-state index in [2.05, 4.69) is 5.10 Å². The third kappa shape index (κ3) is 3.20. The van der Waals surface area contributed by atoms with Gasteiger partial charge in [0.1, 0.15) is 11.6 Å². The molecule has 0 radical (unpaired) electrons. The van der Waals surface area contributed by atoms with Gasteiger partial charge in [0.05, 0.1) is 27.5 Å². The van der Waals surface area contributed by atoms with Crippen molar-refractivity contribution in [1.82, 2.24) is 9.78 Å². The van der Waals surface area contributed by atoms with E-state index in [-0.39, 0.29) is 17.0 Å². The van der Waals surface area contributed by atoms with E-state index in [9.17, 15) is 13.9 Å². The average molecular weight is 335 g/mol. The molecule has 1 atom stereocenters. The van der Waals surface area contributed by atoms with Crippen molar-refractivity contribution in [2.24, 2.45) is 0 Å². The summed E-state index contributed by atoms with van der Waals surface area (Å²) in [5.74, 6) is -1.54. The van der Waals surface area contributed by atoms with Gasteiger partial charge in [0.2, 0.25) is 0 Å². The van der Waals surface area contributed by atoms with E-state index >= 15 is 0 Å². The molecule has 2 rings (SSSR count). The second kappa shape index (κ2) is 6.30. The van der Waals surface area contributed by atoms with Crippen LogP contribution in [0.25, 0.3) is 0 Å². The Morgan fingerprint density at radius 2 is 1.95 bits per heavy atom. The highest BCUT2D eigenvalue weighted by Crippen LogP contribution is 2.29. The van der Waals surface area contributed by atoms with Gasteiger partial charge in [0.25, 0.3) is 0 Å². The van der Waals surface area contributed by atoms with Crippen molar-refractivity contribution < 1.29 is 13.9 Å². The van der Waals surface area contributed by atoms with E-state index in [1.165, 1.54) is 0 Å². The second-order valence-electron chi connectivity index (χ2n) is 4.67. The number of aliphatic hydroxyl groups is 1. The van der Waals surface area contributed by atoms with Gasteiger partial charge in [0, 0.05) is 18.5 Å². The van der Waals surface area contributed by atoms with Crippen LogP contribution in [0, 0.1) is 18.6 Å². The first-order valence-corrected chi connectivity index (χ1v) is 7.15. The Kier molecular flexibility index (Phi) is 4.86. The topological polar surface area (TPSA) is 38.0 Å². The third-order valence-corrected chi connectivity index (χ3v) is 4.02. The van der Waals surface area contributed by atoms with Gasteiger partial charge in [-0.3, -0.25) is 4.68 Å². The predicted octanol–water partition coefficient (Wildman–Crippen LogP) is 4.07. The molecular formula is C14H14Cl2F2N2O. The first-order valence-electron chi connectivity index (χ1n) is 6.39. The average Bonchev–Trinajstić information content (AvgIpc) is 2.70. The van der Waals surface area contributed by atoms with Crippen LogP contribution in [-0.4, -0.2) is 14.9 Å². The minimum Gasteiger partial charge on any atom is -0.388 e. The fraction of sp³-hybridized carbons (Fsp3) is 0.357. The van der Waals surface area contributed by atoms with Gasteiger partial charge >= 0.3 is 0 Å². The maximum atomic E-state index is 13.8. The molecule has 0 saturated heterocycles. The number of hydrogen-bond donors (Lipinski definition) is 1. The van der Waals surface area contributed by atoms with Gasteiger partial charge in [-0.15, -0.1) is 0 Å². The number of hydrogen-bond acceptors (Lipinski definition) is 2. The molecule has 0 fully saturated rings. The summed E-state index contributed by atoms with van der Waals surface area (Å²) < 4.78 is 28.9. The Labute approximate surface area is 131 Å². The highest BCUT2D eigenvalue weighted by atomic mass is 35.5. The molecule has 114 valence electrons. The zero-order valence-electron chi connectivity index (χ0n) is 11.5. The molecule has 0 aliphatic rings. The van der Waals surface area contributed by atoms with Crippen molar-refractivity contribution >= 4 is 23.2 Å². The molecule has 0 amide bonds. The SMILES string of the molecule is CCn1nc(C)c(Cl)c1CC(O)c1cc(F)c(Cl)cc1F. The van der Waals surface area contributed by atoms with Crippen molar-refractivity contribution in [3.05, 3.63) is 50.8 Å². The van der Waals surface area contributed by atoms with Crippen LogP contribution in [-0.2, 0) is 13.0 Å². The molecule has 1 heterocycles. The first kappa shape index (κ1) is 16.2. The van der Waals surface area contributed by atoms with E-state index in [1.807, 2.05) is 6.92 Å². The van der Waals surface area contributed by atoms with Gasteiger partial charge < -0.3 is 5.11 Å². The van der Waals surface area contributed by atoms with Gasteiger partial charge in [-0.1, -0.05) is 23.2 Å². The maximum Gasteiger partial charge on any atom is 0.142 e. The molecule has 0 bridgehead atoms. The summed E-state index contributed by atoms with van der Waals surface area (Å²) in [5.41, 5.74) is 1.05. The van der Waals surface area contributed by atoms with Crippen molar-refractivity contribution in [3.8, 4) is 0 Å². The summed E-state index contributed by atoms with van der Waals surface area (Å²) in [5, 5.41) is 14.5. The molecule has 1 aromatic carbocycles. The van der Waals surface area contributed by atoms with E-state index in [0.29, 0.717) is 23.0 Å². The van der Waals surface area contributed by atoms with Crippen molar-refractivity contribution in [1.29, 1.82) is 0 Å². The number of halogens is 4. The Bertz CT molecular complexity index is 673. The Morgan fingerprint density at radius 3 is 2.57 bits per heavy atom. The summed E-state index contributed by atoms with van der Waals surface area (Å²) in [7, 11) is 0. The number of benzene rings is 1.